The monoisotopic (exact) mass is 236 g/mol. The molecule has 0 saturated carbocycles. The number of aliphatic carboxylic acids is 2. The maximum atomic E-state index is 10.6. The van der Waals surface area contributed by atoms with Gasteiger partial charge in [0.05, 0.1) is 5.69 Å². The first-order chi connectivity index (χ1) is 8.02. The van der Waals surface area contributed by atoms with Gasteiger partial charge in [-0.1, -0.05) is 18.2 Å². The van der Waals surface area contributed by atoms with Crippen molar-refractivity contribution in [3.05, 3.63) is 41.8 Å². The zero-order valence-electron chi connectivity index (χ0n) is 8.44. The van der Waals surface area contributed by atoms with Gasteiger partial charge in [-0.15, -0.1) is 5.11 Å². The molecule has 0 heterocycles. The van der Waals surface area contributed by atoms with E-state index in [2.05, 4.69) is 10.2 Å². The maximum absolute atomic E-state index is 10.6. The molecule has 0 unspecified atom stereocenters. The van der Waals surface area contributed by atoms with Crippen LogP contribution in [0.25, 0.3) is 0 Å². The summed E-state index contributed by atoms with van der Waals surface area (Å²) in [5.41, 5.74) is -0.689. The lowest BCUT2D eigenvalue weighted by Gasteiger charge is -1.96. The molecule has 0 aromatic heterocycles. The first kappa shape index (κ1) is 12.4. The van der Waals surface area contributed by atoms with Crippen molar-refractivity contribution < 1.29 is 24.9 Å². The molecule has 1 aromatic carbocycles. The normalized spacial score (nSPS) is 12.2. The Kier molecular flexibility index (Phi) is 3.93. The molecule has 0 fully saturated rings. The number of nitrogens with zero attached hydrogens (tertiary/aromatic N) is 2. The summed E-state index contributed by atoms with van der Waals surface area (Å²) >= 11 is 0. The van der Waals surface area contributed by atoms with Crippen LogP contribution in [0.4, 0.5) is 5.69 Å². The third-order valence-corrected chi connectivity index (χ3v) is 1.65. The third kappa shape index (κ3) is 3.42. The van der Waals surface area contributed by atoms with Crippen molar-refractivity contribution in [2.24, 2.45) is 10.2 Å². The quantitative estimate of drug-likeness (QED) is 0.417. The summed E-state index contributed by atoms with van der Waals surface area (Å²) < 4.78 is 0. The van der Waals surface area contributed by atoms with Crippen LogP contribution in [-0.2, 0) is 9.59 Å². The number of aliphatic hydroxyl groups excluding tert-OH is 1. The van der Waals surface area contributed by atoms with Gasteiger partial charge in [-0.2, -0.15) is 5.11 Å². The van der Waals surface area contributed by atoms with E-state index in [0.29, 0.717) is 5.69 Å². The first-order valence-electron chi connectivity index (χ1n) is 4.39. The minimum Gasteiger partial charge on any atom is -0.500 e. The molecule has 88 valence electrons. The number of rotatable bonds is 4. The number of aliphatic hydroxyl groups is 1. The molecule has 0 radical (unpaired) electrons. The minimum absolute atomic E-state index is 0.337. The lowest BCUT2D eigenvalue weighted by Crippen LogP contribution is -2.09. The van der Waals surface area contributed by atoms with Crippen LogP contribution in [0.5, 0.6) is 0 Å². The second-order valence-corrected chi connectivity index (χ2v) is 2.84. The van der Waals surface area contributed by atoms with Crippen molar-refractivity contribution in [2.45, 2.75) is 0 Å². The summed E-state index contributed by atoms with van der Waals surface area (Å²) in [7, 11) is 0. The van der Waals surface area contributed by atoms with Crippen LogP contribution in [0.15, 0.2) is 52.0 Å². The molecule has 7 nitrogen and oxygen atoms in total. The van der Waals surface area contributed by atoms with Crippen molar-refractivity contribution >= 4 is 17.6 Å². The molecule has 1 aromatic rings. The van der Waals surface area contributed by atoms with Gasteiger partial charge in [0.1, 0.15) is 0 Å². The Morgan fingerprint density at radius 1 is 0.941 bits per heavy atom. The molecule has 3 N–H and O–H groups in total. The fourth-order valence-electron chi connectivity index (χ4n) is 0.895. The van der Waals surface area contributed by atoms with Crippen molar-refractivity contribution in [1.29, 1.82) is 0 Å². The highest BCUT2D eigenvalue weighted by Gasteiger charge is 2.19. The standard InChI is InChI=1S/C10H8N2O5/c13-8(10(16)17)7(9(14)15)12-11-6-4-2-1-3-5-6/h1-5,13H,(H,14,15)(H,16,17). The van der Waals surface area contributed by atoms with Crippen LogP contribution in [0.2, 0.25) is 0 Å². The summed E-state index contributed by atoms with van der Waals surface area (Å²) in [6.45, 7) is 0. The second-order valence-electron chi connectivity index (χ2n) is 2.84. The van der Waals surface area contributed by atoms with Gasteiger partial charge in [-0.05, 0) is 12.1 Å². The lowest BCUT2D eigenvalue weighted by atomic mass is 10.3. The first-order valence-corrected chi connectivity index (χ1v) is 4.39. The van der Waals surface area contributed by atoms with Crippen molar-refractivity contribution in [3.63, 3.8) is 0 Å². The average Bonchev–Trinajstić information content (AvgIpc) is 2.29. The Morgan fingerprint density at radius 2 is 1.53 bits per heavy atom. The molecule has 7 heteroatoms. The van der Waals surface area contributed by atoms with Gasteiger partial charge in [0.25, 0.3) is 0 Å². The van der Waals surface area contributed by atoms with Crippen LogP contribution >= 0.6 is 0 Å². The van der Waals surface area contributed by atoms with Crippen LogP contribution in [0, 0.1) is 0 Å². The van der Waals surface area contributed by atoms with Gasteiger partial charge >= 0.3 is 11.9 Å². The predicted molar refractivity (Wildman–Crippen MR) is 55.9 cm³/mol. The second kappa shape index (κ2) is 5.40. The van der Waals surface area contributed by atoms with Gasteiger partial charge < -0.3 is 15.3 Å². The van der Waals surface area contributed by atoms with Crippen LogP contribution in [-0.4, -0.2) is 27.3 Å². The number of carboxylic acid groups (broad SMARTS) is 2. The van der Waals surface area contributed by atoms with Crippen LogP contribution in [0.3, 0.4) is 0 Å². The Morgan fingerprint density at radius 3 is 2.00 bits per heavy atom. The summed E-state index contributed by atoms with van der Waals surface area (Å²) in [6.07, 6.45) is 0. The molecular weight excluding hydrogens is 228 g/mol. The third-order valence-electron chi connectivity index (χ3n) is 1.65. The summed E-state index contributed by atoms with van der Waals surface area (Å²) in [6, 6.07) is 8.11. The van der Waals surface area contributed by atoms with E-state index in [-0.39, 0.29) is 0 Å². The fraction of sp³-hybridized carbons (Fsp3) is 0. The number of hydrogen-bond acceptors (Lipinski definition) is 5. The van der Waals surface area contributed by atoms with E-state index in [9.17, 15) is 9.59 Å². The topological polar surface area (TPSA) is 120 Å². The van der Waals surface area contributed by atoms with E-state index in [0.717, 1.165) is 0 Å². The van der Waals surface area contributed by atoms with Crippen molar-refractivity contribution in [2.75, 3.05) is 0 Å². The highest BCUT2D eigenvalue weighted by Crippen LogP contribution is 2.14. The number of benzene rings is 1. The molecule has 0 atom stereocenters. The van der Waals surface area contributed by atoms with Gasteiger partial charge in [0.15, 0.2) is 0 Å². The van der Waals surface area contributed by atoms with E-state index in [1.54, 1.807) is 30.3 Å². The molecule has 0 amide bonds. The van der Waals surface area contributed by atoms with Crippen LogP contribution < -0.4 is 0 Å². The molecule has 1 rings (SSSR count). The van der Waals surface area contributed by atoms with Gasteiger partial charge in [0.2, 0.25) is 11.5 Å². The summed E-state index contributed by atoms with van der Waals surface area (Å²) in [5.74, 6) is -4.82. The Bertz CT molecular complexity index is 493. The Hall–Kier alpha value is -2.70. The lowest BCUT2D eigenvalue weighted by molar-refractivity contribution is -0.138. The Balaban J connectivity index is 3.05. The molecular formula is C10H8N2O5. The van der Waals surface area contributed by atoms with E-state index in [1.165, 1.54) is 0 Å². The van der Waals surface area contributed by atoms with E-state index >= 15 is 0 Å². The van der Waals surface area contributed by atoms with Crippen molar-refractivity contribution in [1.82, 2.24) is 0 Å². The summed E-state index contributed by atoms with van der Waals surface area (Å²) in [5, 5.41) is 32.7. The van der Waals surface area contributed by atoms with Gasteiger partial charge in [0, 0.05) is 0 Å². The molecule has 0 saturated heterocycles. The Labute approximate surface area is 95.4 Å². The molecule has 0 aliphatic heterocycles. The summed E-state index contributed by atoms with van der Waals surface area (Å²) in [4.78, 5) is 21.0. The predicted octanol–water partition coefficient (Wildman–Crippen LogP) is 1.71. The number of hydrogen-bond donors (Lipinski definition) is 3. The van der Waals surface area contributed by atoms with Crippen molar-refractivity contribution in [3.8, 4) is 0 Å². The number of carboxylic acids is 2. The average molecular weight is 236 g/mol. The highest BCUT2D eigenvalue weighted by atomic mass is 16.4. The van der Waals surface area contributed by atoms with Crippen LogP contribution in [0.1, 0.15) is 0 Å². The highest BCUT2D eigenvalue weighted by molar-refractivity contribution is 5.96. The van der Waals surface area contributed by atoms with Gasteiger partial charge in [-0.25, -0.2) is 9.59 Å². The zero-order valence-corrected chi connectivity index (χ0v) is 8.44. The number of azo groups is 1. The smallest absolute Gasteiger partial charge is 0.373 e. The van der Waals surface area contributed by atoms with E-state index in [4.69, 9.17) is 15.3 Å². The minimum atomic E-state index is -1.78. The van der Waals surface area contributed by atoms with Gasteiger partial charge in [-0.3, -0.25) is 0 Å². The zero-order chi connectivity index (χ0) is 12.8. The maximum Gasteiger partial charge on any atom is 0.373 e. The molecule has 0 aliphatic carbocycles. The SMILES string of the molecule is O=C(O)C(O)=C(N=Nc1ccccc1)C(=O)O. The van der Waals surface area contributed by atoms with E-state index < -0.39 is 23.4 Å². The fourth-order valence-corrected chi connectivity index (χ4v) is 0.895. The molecule has 0 spiro atoms. The number of carbonyl (C=O) groups is 2. The largest absolute Gasteiger partial charge is 0.500 e. The molecule has 17 heavy (non-hydrogen) atoms. The van der Waals surface area contributed by atoms with E-state index in [1.807, 2.05) is 0 Å². The molecule has 0 aliphatic rings. The molecule has 0 bridgehead atoms.